The number of carbonyl (C=O) groups is 1. The lowest BCUT2D eigenvalue weighted by Gasteiger charge is -2.35. The highest BCUT2D eigenvalue weighted by atomic mass is 16.5. The molecule has 2 aliphatic heterocycles. The molecule has 2 fully saturated rings. The quantitative estimate of drug-likeness (QED) is 0.814. The summed E-state index contributed by atoms with van der Waals surface area (Å²) in [5.41, 5.74) is 1.42. The Morgan fingerprint density at radius 2 is 1.89 bits per heavy atom. The van der Waals surface area contributed by atoms with Gasteiger partial charge in [-0.2, -0.15) is 0 Å². The summed E-state index contributed by atoms with van der Waals surface area (Å²) in [5, 5.41) is 0. The molecule has 1 aromatic heterocycles. The number of morpholine rings is 1. The van der Waals surface area contributed by atoms with Gasteiger partial charge in [-0.1, -0.05) is 37.3 Å². The average Bonchev–Trinajstić information content (AvgIpc) is 2.79. The number of ether oxygens (including phenoxy) is 1. The molecule has 6 heteroatoms. The molecule has 0 aliphatic carbocycles. The summed E-state index contributed by atoms with van der Waals surface area (Å²) in [5.74, 6) is 1.45. The molecule has 6 nitrogen and oxygen atoms in total. The highest BCUT2D eigenvalue weighted by Gasteiger charge is 2.28. The minimum Gasteiger partial charge on any atom is -0.378 e. The Bertz CT molecular complexity index is 805. The fraction of sp³-hybridized carbons (Fsp3) is 0.500. The van der Waals surface area contributed by atoms with Crippen molar-refractivity contribution in [3.05, 3.63) is 42.1 Å². The SMILES string of the molecule is CCC1CCCCN1C(=O)c1cc(N2CCOCC2)nc(-c2ccccc2)n1. The van der Waals surface area contributed by atoms with Gasteiger partial charge in [0.05, 0.1) is 13.2 Å². The molecule has 28 heavy (non-hydrogen) atoms. The van der Waals surface area contributed by atoms with Crippen molar-refractivity contribution in [3.63, 3.8) is 0 Å². The second kappa shape index (κ2) is 8.69. The molecule has 1 aromatic carbocycles. The average molecular weight is 380 g/mol. The number of hydrogen-bond donors (Lipinski definition) is 0. The maximum absolute atomic E-state index is 13.4. The number of rotatable bonds is 4. The van der Waals surface area contributed by atoms with Crippen LogP contribution in [-0.4, -0.2) is 59.7 Å². The van der Waals surface area contributed by atoms with E-state index >= 15 is 0 Å². The van der Waals surface area contributed by atoms with Gasteiger partial charge in [0.25, 0.3) is 5.91 Å². The molecular formula is C22H28N4O2. The monoisotopic (exact) mass is 380 g/mol. The van der Waals surface area contributed by atoms with Crippen molar-refractivity contribution in [2.45, 2.75) is 38.6 Å². The molecule has 2 saturated heterocycles. The number of hydrogen-bond acceptors (Lipinski definition) is 5. The summed E-state index contributed by atoms with van der Waals surface area (Å²) >= 11 is 0. The van der Waals surface area contributed by atoms with Crippen LogP contribution >= 0.6 is 0 Å². The van der Waals surface area contributed by atoms with Gasteiger partial charge in [0.1, 0.15) is 11.5 Å². The zero-order valence-corrected chi connectivity index (χ0v) is 16.5. The van der Waals surface area contributed by atoms with Crippen molar-refractivity contribution in [3.8, 4) is 11.4 Å². The molecule has 1 unspecified atom stereocenters. The smallest absolute Gasteiger partial charge is 0.272 e. The third-order valence-corrected chi connectivity index (χ3v) is 5.66. The first-order chi connectivity index (χ1) is 13.8. The Morgan fingerprint density at radius 3 is 2.64 bits per heavy atom. The molecule has 1 atom stereocenters. The van der Waals surface area contributed by atoms with Gasteiger partial charge >= 0.3 is 0 Å². The molecule has 0 spiro atoms. The van der Waals surface area contributed by atoms with Gasteiger partial charge in [-0.05, 0) is 25.7 Å². The van der Waals surface area contributed by atoms with E-state index in [0.717, 1.165) is 50.3 Å². The Kier molecular flexibility index (Phi) is 5.86. The van der Waals surface area contributed by atoms with E-state index in [1.165, 1.54) is 6.42 Å². The first-order valence-electron chi connectivity index (χ1n) is 10.3. The van der Waals surface area contributed by atoms with Gasteiger partial charge in [-0.15, -0.1) is 0 Å². The van der Waals surface area contributed by atoms with Crippen LogP contribution in [0.5, 0.6) is 0 Å². The Hall–Kier alpha value is -2.47. The van der Waals surface area contributed by atoms with E-state index in [-0.39, 0.29) is 5.91 Å². The Labute approximate surface area is 166 Å². The molecule has 2 aliphatic rings. The minimum absolute atomic E-state index is 0.0284. The maximum Gasteiger partial charge on any atom is 0.272 e. The van der Waals surface area contributed by atoms with Crippen LogP contribution in [0.3, 0.4) is 0 Å². The van der Waals surface area contributed by atoms with Gasteiger partial charge in [0.15, 0.2) is 5.82 Å². The molecule has 3 heterocycles. The second-order valence-electron chi connectivity index (χ2n) is 7.46. The van der Waals surface area contributed by atoms with Crippen molar-refractivity contribution in [1.82, 2.24) is 14.9 Å². The molecule has 4 rings (SSSR count). The molecule has 2 aromatic rings. The number of likely N-dealkylation sites (tertiary alicyclic amines) is 1. The van der Waals surface area contributed by atoms with Crippen LogP contribution in [0.2, 0.25) is 0 Å². The summed E-state index contributed by atoms with van der Waals surface area (Å²) in [6.07, 6.45) is 4.32. The van der Waals surface area contributed by atoms with E-state index in [4.69, 9.17) is 9.72 Å². The lowest BCUT2D eigenvalue weighted by atomic mass is 9.99. The molecule has 0 bridgehead atoms. The zero-order valence-electron chi connectivity index (χ0n) is 16.5. The first-order valence-corrected chi connectivity index (χ1v) is 10.3. The zero-order chi connectivity index (χ0) is 19.3. The third-order valence-electron chi connectivity index (χ3n) is 5.66. The number of nitrogens with zero attached hydrogens (tertiary/aromatic N) is 4. The van der Waals surface area contributed by atoms with Crippen LogP contribution < -0.4 is 4.90 Å². The Morgan fingerprint density at radius 1 is 1.11 bits per heavy atom. The summed E-state index contributed by atoms with van der Waals surface area (Å²) < 4.78 is 5.48. The van der Waals surface area contributed by atoms with Gasteiger partial charge < -0.3 is 14.5 Å². The van der Waals surface area contributed by atoms with Crippen LogP contribution in [0.15, 0.2) is 36.4 Å². The molecular weight excluding hydrogens is 352 g/mol. The van der Waals surface area contributed by atoms with Crippen LogP contribution in [0, 0.1) is 0 Å². The fourth-order valence-electron chi connectivity index (χ4n) is 4.05. The van der Waals surface area contributed by atoms with E-state index < -0.39 is 0 Å². The second-order valence-corrected chi connectivity index (χ2v) is 7.46. The van der Waals surface area contributed by atoms with Crippen molar-refractivity contribution in [1.29, 1.82) is 0 Å². The number of anilines is 1. The fourth-order valence-corrected chi connectivity index (χ4v) is 4.05. The van der Waals surface area contributed by atoms with Crippen molar-refractivity contribution >= 4 is 11.7 Å². The summed E-state index contributed by atoms with van der Waals surface area (Å²) in [7, 11) is 0. The molecule has 148 valence electrons. The van der Waals surface area contributed by atoms with Crippen molar-refractivity contribution in [2.24, 2.45) is 0 Å². The van der Waals surface area contributed by atoms with Crippen LogP contribution in [0.25, 0.3) is 11.4 Å². The standard InChI is InChI=1S/C22H28N4O2/c1-2-18-10-6-7-11-26(18)22(27)19-16-20(25-12-14-28-15-13-25)24-21(23-19)17-8-4-3-5-9-17/h3-5,8-9,16,18H,2,6-7,10-15H2,1H3. The largest absolute Gasteiger partial charge is 0.378 e. The molecule has 0 radical (unpaired) electrons. The predicted octanol–water partition coefficient (Wildman–Crippen LogP) is 3.38. The van der Waals surface area contributed by atoms with E-state index in [2.05, 4.69) is 16.8 Å². The number of amides is 1. The lowest BCUT2D eigenvalue weighted by Crippen LogP contribution is -2.44. The molecule has 0 saturated carbocycles. The number of carbonyl (C=O) groups excluding carboxylic acids is 1. The summed E-state index contributed by atoms with van der Waals surface area (Å²) in [6.45, 7) is 5.88. The first kappa shape index (κ1) is 18.9. The van der Waals surface area contributed by atoms with E-state index in [1.807, 2.05) is 41.3 Å². The van der Waals surface area contributed by atoms with E-state index in [1.54, 1.807) is 0 Å². The summed E-state index contributed by atoms with van der Waals surface area (Å²) in [6, 6.07) is 12.1. The van der Waals surface area contributed by atoms with Crippen LogP contribution in [0.4, 0.5) is 5.82 Å². The highest BCUT2D eigenvalue weighted by molar-refractivity contribution is 5.93. The lowest BCUT2D eigenvalue weighted by molar-refractivity contribution is 0.0602. The van der Waals surface area contributed by atoms with Gasteiger partial charge in [0, 0.05) is 37.3 Å². The van der Waals surface area contributed by atoms with Crippen LogP contribution in [-0.2, 0) is 4.74 Å². The third kappa shape index (κ3) is 4.02. The van der Waals surface area contributed by atoms with Crippen molar-refractivity contribution < 1.29 is 9.53 Å². The highest BCUT2D eigenvalue weighted by Crippen LogP contribution is 2.25. The minimum atomic E-state index is 0.0284. The topological polar surface area (TPSA) is 58.6 Å². The normalized spacial score (nSPS) is 20.2. The van der Waals surface area contributed by atoms with E-state index in [9.17, 15) is 4.79 Å². The Balaban J connectivity index is 1.71. The molecule has 1 amide bonds. The number of piperidine rings is 1. The number of benzene rings is 1. The van der Waals surface area contributed by atoms with E-state index in [0.29, 0.717) is 30.8 Å². The van der Waals surface area contributed by atoms with Gasteiger partial charge in [-0.3, -0.25) is 4.79 Å². The predicted molar refractivity (Wildman–Crippen MR) is 109 cm³/mol. The summed E-state index contributed by atoms with van der Waals surface area (Å²) in [4.78, 5) is 27.0. The number of aromatic nitrogens is 2. The van der Waals surface area contributed by atoms with Crippen LogP contribution in [0.1, 0.15) is 43.1 Å². The maximum atomic E-state index is 13.4. The van der Waals surface area contributed by atoms with Gasteiger partial charge in [-0.25, -0.2) is 9.97 Å². The van der Waals surface area contributed by atoms with Gasteiger partial charge in [0.2, 0.25) is 0 Å². The molecule has 0 N–H and O–H groups in total. The van der Waals surface area contributed by atoms with Crippen molar-refractivity contribution in [2.75, 3.05) is 37.7 Å².